The molecule has 2 aromatic rings. The van der Waals surface area contributed by atoms with Crippen molar-refractivity contribution in [3.8, 4) is 0 Å². The van der Waals surface area contributed by atoms with E-state index in [0.29, 0.717) is 24.8 Å². The summed E-state index contributed by atoms with van der Waals surface area (Å²) >= 11 is 0. The third-order valence-corrected chi connectivity index (χ3v) is 4.23. The molecule has 0 atom stereocenters. The zero-order valence-corrected chi connectivity index (χ0v) is 13.7. The Hall–Kier alpha value is -2.28. The topological polar surface area (TPSA) is 62.5 Å². The Kier molecular flexibility index (Phi) is 5.20. The quantitative estimate of drug-likeness (QED) is 0.829. The Labute approximate surface area is 140 Å². The molecule has 1 aromatic carbocycles. The van der Waals surface area contributed by atoms with Crippen LogP contribution in [0.25, 0.3) is 0 Å². The van der Waals surface area contributed by atoms with Crippen molar-refractivity contribution in [3.63, 3.8) is 0 Å². The maximum Gasteiger partial charge on any atom is 0.230 e. The zero-order valence-electron chi connectivity index (χ0n) is 13.7. The molecule has 1 saturated heterocycles. The molecule has 0 spiro atoms. The van der Waals surface area contributed by atoms with Gasteiger partial charge in [-0.2, -0.15) is 4.98 Å². The largest absolute Gasteiger partial charge is 0.340 e. The van der Waals surface area contributed by atoms with Crippen LogP contribution >= 0.6 is 0 Å². The number of carbonyl (C=O) groups is 1. The molecule has 7 heteroatoms. The van der Waals surface area contributed by atoms with Crippen LogP contribution in [0, 0.1) is 12.7 Å². The lowest BCUT2D eigenvalue weighted by atomic mass is 10.1. The van der Waals surface area contributed by atoms with Gasteiger partial charge in [0.2, 0.25) is 11.8 Å². The van der Waals surface area contributed by atoms with Crippen molar-refractivity contribution in [3.05, 3.63) is 47.4 Å². The first-order valence-electron chi connectivity index (χ1n) is 8.14. The van der Waals surface area contributed by atoms with Crippen molar-refractivity contribution in [1.29, 1.82) is 0 Å². The van der Waals surface area contributed by atoms with Gasteiger partial charge in [0.1, 0.15) is 5.82 Å². The minimum absolute atomic E-state index is 0.0361. The zero-order chi connectivity index (χ0) is 16.9. The fourth-order valence-electron chi connectivity index (χ4n) is 2.82. The third-order valence-electron chi connectivity index (χ3n) is 4.23. The van der Waals surface area contributed by atoms with Crippen LogP contribution in [-0.4, -0.2) is 58.6 Å². The molecule has 2 heterocycles. The van der Waals surface area contributed by atoms with Gasteiger partial charge in [-0.3, -0.25) is 9.69 Å². The molecule has 0 N–H and O–H groups in total. The van der Waals surface area contributed by atoms with Crippen molar-refractivity contribution < 1.29 is 13.7 Å². The first-order chi connectivity index (χ1) is 11.6. The minimum atomic E-state index is -0.206. The van der Waals surface area contributed by atoms with Crippen molar-refractivity contribution in [2.75, 3.05) is 32.7 Å². The number of halogens is 1. The average Bonchev–Trinajstić information content (AvgIpc) is 2.99. The summed E-state index contributed by atoms with van der Waals surface area (Å²) in [6.45, 7) is 5.73. The molecule has 3 rings (SSSR count). The molecule has 1 aromatic heterocycles. The second-order valence-electron chi connectivity index (χ2n) is 6.01. The molecule has 0 bridgehead atoms. The average molecular weight is 332 g/mol. The molecule has 1 fully saturated rings. The van der Waals surface area contributed by atoms with Gasteiger partial charge in [0.05, 0.1) is 6.42 Å². The van der Waals surface area contributed by atoms with Gasteiger partial charge in [-0.25, -0.2) is 4.39 Å². The van der Waals surface area contributed by atoms with Crippen LogP contribution < -0.4 is 0 Å². The van der Waals surface area contributed by atoms with Gasteiger partial charge in [0, 0.05) is 39.6 Å². The van der Waals surface area contributed by atoms with Crippen molar-refractivity contribution in [2.24, 2.45) is 0 Å². The number of rotatable bonds is 5. The first kappa shape index (κ1) is 16.6. The normalized spacial score (nSPS) is 15.7. The predicted molar refractivity (Wildman–Crippen MR) is 85.9 cm³/mol. The van der Waals surface area contributed by atoms with E-state index in [4.69, 9.17) is 4.52 Å². The number of aryl methyl sites for hydroxylation is 1. The molecular weight excluding hydrogens is 311 g/mol. The number of amides is 1. The van der Waals surface area contributed by atoms with Gasteiger partial charge in [0.15, 0.2) is 5.82 Å². The first-order valence-corrected chi connectivity index (χ1v) is 8.14. The fraction of sp³-hybridized carbons (Fsp3) is 0.471. The van der Waals surface area contributed by atoms with Gasteiger partial charge in [0.25, 0.3) is 0 Å². The minimum Gasteiger partial charge on any atom is -0.340 e. The highest BCUT2D eigenvalue weighted by molar-refractivity contribution is 5.78. The molecule has 128 valence electrons. The molecule has 0 saturated carbocycles. The number of hydrogen-bond donors (Lipinski definition) is 0. The van der Waals surface area contributed by atoms with Crippen molar-refractivity contribution in [1.82, 2.24) is 19.9 Å². The lowest BCUT2D eigenvalue weighted by Crippen LogP contribution is -2.49. The second kappa shape index (κ2) is 7.53. The summed E-state index contributed by atoms with van der Waals surface area (Å²) in [6, 6.07) is 6.63. The Morgan fingerprint density at radius 2 is 1.92 bits per heavy atom. The van der Waals surface area contributed by atoms with E-state index in [1.54, 1.807) is 6.92 Å². The lowest BCUT2D eigenvalue weighted by Gasteiger charge is -2.34. The number of carbonyl (C=O) groups excluding carboxylic acids is 1. The Morgan fingerprint density at radius 3 is 2.54 bits per heavy atom. The second-order valence-corrected chi connectivity index (χ2v) is 6.01. The summed E-state index contributed by atoms with van der Waals surface area (Å²) in [4.78, 5) is 20.5. The van der Waals surface area contributed by atoms with Gasteiger partial charge in [-0.15, -0.1) is 0 Å². The van der Waals surface area contributed by atoms with E-state index in [2.05, 4.69) is 15.0 Å². The molecule has 1 amide bonds. The van der Waals surface area contributed by atoms with Crippen LogP contribution in [-0.2, 0) is 17.6 Å². The summed E-state index contributed by atoms with van der Waals surface area (Å²) < 4.78 is 17.8. The maximum atomic E-state index is 12.9. The monoisotopic (exact) mass is 332 g/mol. The van der Waals surface area contributed by atoms with E-state index >= 15 is 0 Å². The van der Waals surface area contributed by atoms with E-state index in [-0.39, 0.29) is 18.1 Å². The molecule has 0 unspecified atom stereocenters. The van der Waals surface area contributed by atoms with E-state index in [0.717, 1.165) is 31.6 Å². The van der Waals surface area contributed by atoms with Gasteiger partial charge < -0.3 is 9.42 Å². The predicted octanol–water partition coefficient (Wildman–Crippen LogP) is 1.45. The number of aromatic nitrogens is 2. The van der Waals surface area contributed by atoms with Crippen LogP contribution in [0.3, 0.4) is 0 Å². The molecule has 0 aliphatic carbocycles. The highest BCUT2D eigenvalue weighted by Crippen LogP contribution is 2.08. The molecular formula is C17H21FN4O2. The van der Waals surface area contributed by atoms with Crippen LogP contribution in [0.1, 0.15) is 17.3 Å². The molecule has 24 heavy (non-hydrogen) atoms. The van der Waals surface area contributed by atoms with E-state index < -0.39 is 0 Å². The number of piperazine rings is 1. The summed E-state index contributed by atoms with van der Waals surface area (Å²) in [7, 11) is 0. The van der Waals surface area contributed by atoms with E-state index in [9.17, 15) is 9.18 Å². The Balaban J connectivity index is 1.42. The molecule has 0 radical (unpaired) electrons. The summed E-state index contributed by atoms with van der Waals surface area (Å²) in [5, 5.41) is 3.76. The lowest BCUT2D eigenvalue weighted by molar-refractivity contribution is -0.132. The standard InChI is InChI=1S/C17H21FN4O2/c1-13-19-16(20-24-13)12-17(23)22-10-8-21(9-11-22)7-6-14-2-4-15(18)5-3-14/h2-5H,6-12H2,1H3. The Bertz CT molecular complexity index is 678. The summed E-state index contributed by atoms with van der Waals surface area (Å²) in [5.41, 5.74) is 1.13. The summed E-state index contributed by atoms with van der Waals surface area (Å²) in [5.74, 6) is 0.747. The van der Waals surface area contributed by atoms with Gasteiger partial charge in [-0.05, 0) is 24.1 Å². The van der Waals surface area contributed by atoms with Gasteiger partial charge in [-0.1, -0.05) is 17.3 Å². The van der Waals surface area contributed by atoms with Crippen LogP contribution in [0.4, 0.5) is 4.39 Å². The third kappa shape index (κ3) is 4.38. The van der Waals surface area contributed by atoms with Gasteiger partial charge >= 0.3 is 0 Å². The van der Waals surface area contributed by atoms with Crippen molar-refractivity contribution in [2.45, 2.75) is 19.8 Å². The van der Waals surface area contributed by atoms with Crippen LogP contribution in [0.2, 0.25) is 0 Å². The number of benzene rings is 1. The maximum absolute atomic E-state index is 12.9. The molecule has 1 aliphatic rings. The fourth-order valence-corrected chi connectivity index (χ4v) is 2.82. The van der Waals surface area contributed by atoms with Crippen LogP contribution in [0.15, 0.2) is 28.8 Å². The SMILES string of the molecule is Cc1nc(CC(=O)N2CCN(CCc3ccc(F)cc3)CC2)no1. The highest BCUT2D eigenvalue weighted by Gasteiger charge is 2.22. The summed E-state index contributed by atoms with van der Waals surface area (Å²) in [6.07, 6.45) is 1.07. The Morgan fingerprint density at radius 1 is 1.21 bits per heavy atom. The van der Waals surface area contributed by atoms with E-state index in [1.807, 2.05) is 17.0 Å². The van der Waals surface area contributed by atoms with Crippen molar-refractivity contribution >= 4 is 5.91 Å². The number of hydrogen-bond acceptors (Lipinski definition) is 5. The van der Waals surface area contributed by atoms with E-state index in [1.165, 1.54) is 12.1 Å². The highest BCUT2D eigenvalue weighted by atomic mass is 19.1. The van der Waals surface area contributed by atoms with Crippen LogP contribution in [0.5, 0.6) is 0 Å². The molecule has 6 nitrogen and oxygen atoms in total. The smallest absolute Gasteiger partial charge is 0.230 e. The molecule has 1 aliphatic heterocycles. The number of nitrogens with zero attached hydrogens (tertiary/aromatic N) is 4.